The number of carboxylic acid groups (broad SMARTS) is 1. The molecule has 1 aliphatic carbocycles. The fourth-order valence-corrected chi connectivity index (χ4v) is 5.22. The minimum Gasteiger partial charge on any atom is -0.477 e. The number of carbonyl (C=O) groups is 1. The molecule has 0 bridgehead atoms. The van der Waals surface area contributed by atoms with Gasteiger partial charge in [-0.2, -0.15) is 0 Å². The maximum Gasteiger partial charge on any atom is 0.348 e. The quantitative estimate of drug-likeness (QED) is 0.579. The van der Waals surface area contributed by atoms with Crippen molar-refractivity contribution < 1.29 is 18.3 Å². The summed E-state index contributed by atoms with van der Waals surface area (Å²) in [7, 11) is -3.92. The van der Waals surface area contributed by atoms with Gasteiger partial charge in [-0.25, -0.2) is 13.2 Å². The van der Waals surface area contributed by atoms with E-state index in [1.54, 1.807) is 32.9 Å². The van der Waals surface area contributed by atoms with E-state index in [0.717, 1.165) is 53.0 Å². The van der Waals surface area contributed by atoms with Gasteiger partial charge in [0.2, 0.25) is 0 Å². The lowest BCUT2D eigenvalue weighted by Crippen LogP contribution is -2.16. The number of hydrogen-bond acceptors (Lipinski definition) is 4. The minimum atomic E-state index is -3.92. The number of sulfonamides is 1. The van der Waals surface area contributed by atoms with Gasteiger partial charge in [0, 0.05) is 4.88 Å². The predicted molar refractivity (Wildman–Crippen MR) is 113 cm³/mol. The Hall–Kier alpha value is -2.12. The topological polar surface area (TPSA) is 83.5 Å². The number of allylic oxidation sites excluding steroid dienone is 6. The van der Waals surface area contributed by atoms with Crippen LogP contribution in [0.5, 0.6) is 0 Å². The number of hydrogen-bond donors (Lipinski definition) is 2. The fourth-order valence-electron chi connectivity index (χ4n) is 2.79. The molecule has 1 aromatic rings. The second-order valence-electron chi connectivity index (χ2n) is 6.78. The lowest BCUT2D eigenvalue weighted by atomic mass is 9.98. The molecule has 5 nitrogen and oxygen atoms in total. The van der Waals surface area contributed by atoms with Crippen molar-refractivity contribution in [1.82, 2.24) is 0 Å². The van der Waals surface area contributed by atoms with Crippen molar-refractivity contribution in [2.75, 3.05) is 4.72 Å². The van der Waals surface area contributed by atoms with Crippen LogP contribution < -0.4 is 4.72 Å². The monoisotopic (exact) mass is 407 g/mol. The molecule has 27 heavy (non-hydrogen) atoms. The van der Waals surface area contributed by atoms with Crippen LogP contribution in [0, 0.1) is 0 Å². The summed E-state index contributed by atoms with van der Waals surface area (Å²) in [5.74, 6) is -1.14. The Labute approximate surface area is 164 Å². The first-order chi connectivity index (χ1) is 12.6. The third kappa shape index (κ3) is 5.43. The van der Waals surface area contributed by atoms with Crippen LogP contribution in [-0.4, -0.2) is 19.5 Å². The van der Waals surface area contributed by atoms with Gasteiger partial charge >= 0.3 is 5.97 Å². The second-order valence-corrected chi connectivity index (χ2v) is 9.49. The van der Waals surface area contributed by atoms with Crippen molar-refractivity contribution in [3.8, 4) is 0 Å². The molecule has 2 N–H and O–H groups in total. The predicted octanol–water partition coefficient (Wildman–Crippen LogP) is 5.57. The third-order valence-corrected chi connectivity index (χ3v) is 6.89. The Morgan fingerprint density at radius 3 is 2.48 bits per heavy atom. The molecule has 0 amide bonds. The van der Waals surface area contributed by atoms with Gasteiger partial charge in [0.05, 0.1) is 10.6 Å². The zero-order valence-corrected chi connectivity index (χ0v) is 17.5. The van der Waals surface area contributed by atoms with Crippen LogP contribution in [0.4, 0.5) is 5.69 Å². The molecule has 0 fully saturated rings. The van der Waals surface area contributed by atoms with Gasteiger partial charge in [0.25, 0.3) is 10.0 Å². The van der Waals surface area contributed by atoms with E-state index >= 15 is 0 Å². The molecular formula is C20H25NO4S2. The summed E-state index contributed by atoms with van der Waals surface area (Å²) in [6, 6.07) is 1.63. The SMILES string of the molecule is C=C(C)/C=C\C(=C(C)C)S(=O)(=O)Nc1cc(C2=CCCCC2)sc1C(=O)O. The number of aromatic carboxylic acids is 1. The van der Waals surface area contributed by atoms with Gasteiger partial charge < -0.3 is 5.11 Å². The zero-order valence-electron chi connectivity index (χ0n) is 15.8. The van der Waals surface area contributed by atoms with Crippen molar-refractivity contribution >= 4 is 38.6 Å². The van der Waals surface area contributed by atoms with Crippen molar-refractivity contribution in [2.24, 2.45) is 0 Å². The van der Waals surface area contributed by atoms with E-state index in [9.17, 15) is 18.3 Å². The van der Waals surface area contributed by atoms with E-state index in [1.807, 2.05) is 0 Å². The van der Waals surface area contributed by atoms with E-state index < -0.39 is 16.0 Å². The van der Waals surface area contributed by atoms with Gasteiger partial charge in [-0.1, -0.05) is 29.9 Å². The lowest BCUT2D eigenvalue weighted by molar-refractivity contribution is 0.0703. The highest BCUT2D eigenvalue weighted by Crippen LogP contribution is 2.37. The minimum absolute atomic E-state index is 0.00274. The van der Waals surface area contributed by atoms with Crippen molar-refractivity contribution in [2.45, 2.75) is 46.5 Å². The average molecular weight is 408 g/mol. The molecule has 2 rings (SSSR count). The molecule has 7 heteroatoms. The Morgan fingerprint density at radius 1 is 1.26 bits per heavy atom. The molecule has 1 heterocycles. The Kier molecular flexibility index (Phi) is 6.84. The molecule has 0 saturated heterocycles. The molecule has 0 unspecified atom stereocenters. The standard InChI is InChI=1S/C20H25NO4S2/c1-13(2)10-11-18(14(3)4)27(24,25)21-16-12-17(26-19(16)20(22)23)15-8-6-5-7-9-15/h8,10-12,21H,1,5-7,9H2,2-4H3,(H,22,23)/b11-10-. The maximum atomic E-state index is 12.9. The van der Waals surface area contributed by atoms with Crippen molar-refractivity contribution in [3.05, 3.63) is 56.7 Å². The Bertz CT molecular complexity index is 943. The van der Waals surface area contributed by atoms with Crippen LogP contribution in [0.2, 0.25) is 0 Å². The summed E-state index contributed by atoms with van der Waals surface area (Å²) >= 11 is 1.11. The molecule has 146 valence electrons. The highest BCUT2D eigenvalue weighted by Gasteiger charge is 2.24. The van der Waals surface area contributed by atoms with Crippen LogP contribution in [0.25, 0.3) is 5.57 Å². The van der Waals surface area contributed by atoms with E-state index in [0.29, 0.717) is 5.57 Å². The fraction of sp³-hybridized carbons (Fsp3) is 0.350. The smallest absolute Gasteiger partial charge is 0.348 e. The third-order valence-electron chi connectivity index (χ3n) is 4.08. The summed E-state index contributed by atoms with van der Waals surface area (Å²) in [6.07, 6.45) is 9.23. The van der Waals surface area contributed by atoms with E-state index in [-0.39, 0.29) is 15.5 Å². The molecule has 0 spiro atoms. The van der Waals surface area contributed by atoms with Crippen LogP contribution in [-0.2, 0) is 10.0 Å². The zero-order chi connectivity index (χ0) is 20.2. The normalized spacial score (nSPS) is 14.7. The van der Waals surface area contributed by atoms with Crippen LogP contribution in [0.1, 0.15) is 61.0 Å². The second kappa shape index (κ2) is 8.71. The van der Waals surface area contributed by atoms with Gasteiger partial charge in [-0.15, -0.1) is 11.3 Å². The number of thiophene rings is 1. The molecule has 0 aromatic carbocycles. The molecule has 1 aromatic heterocycles. The van der Waals surface area contributed by atoms with E-state index in [4.69, 9.17) is 0 Å². The summed E-state index contributed by atoms with van der Waals surface area (Å²) in [5, 5.41) is 9.52. The van der Waals surface area contributed by atoms with Crippen molar-refractivity contribution in [1.29, 1.82) is 0 Å². The van der Waals surface area contributed by atoms with Gasteiger partial charge in [-0.05, 0) is 64.2 Å². The van der Waals surface area contributed by atoms with Crippen LogP contribution >= 0.6 is 11.3 Å². The molecule has 1 aliphatic rings. The maximum absolute atomic E-state index is 12.9. The molecule has 0 atom stereocenters. The highest BCUT2D eigenvalue weighted by atomic mass is 32.2. The summed E-state index contributed by atoms with van der Waals surface area (Å²) in [6.45, 7) is 8.90. The number of rotatable bonds is 7. The molecule has 0 radical (unpaired) electrons. The first-order valence-corrected chi connectivity index (χ1v) is 11.0. The largest absolute Gasteiger partial charge is 0.477 e. The Morgan fingerprint density at radius 2 is 1.96 bits per heavy atom. The Balaban J connectivity index is 2.43. The van der Waals surface area contributed by atoms with Gasteiger partial charge in [0.1, 0.15) is 4.88 Å². The van der Waals surface area contributed by atoms with Crippen LogP contribution in [0.3, 0.4) is 0 Å². The average Bonchev–Trinajstić information content (AvgIpc) is 2.98. The molecular weight excluding hydrogens is 382 g/mol. The summed E-state index contributed by atoms with van der Waals surface area (Å²) in [5.41, 5.74) is 2.51. The van der Waals surface area contributed by atoms with Gasteiger partial charge in [-0.3, -0.25) is 4.72 Å². The lowest BCUT2D eigenvalue weighted by Gasteiger charge is -2.11. The number of anilines is 1. The number of carboxylic acids is 1. The molecule has 0 aliphatic heterocycles. The summed E-state index contributed by atoms with van der Waals surface area (Å²) in [4.78, 5) is 12.5. The first-order valence-electron chi connectivity index (χ1n) is 8.72. The first kappa shape index (κ1) is 21.2. The van der Waals surface area contributed by atoms with Gasteiger partial charge in [0.15, 0.2) is 0 Å². The highest BCUT2D eigenvalue weighted by molar-refractivity contribution is 7.96. The number of nitrogens with one attached hydrogen (secondary N) is 1. The van der Waals surface area contributed by atoms with E-state index in [2.05, 4.69) is 17.4 Å². The van der Waals surface area contributed by atoms with Crippen molar-refractivity contribution in [3.63, 3.8) is 0 Å². The summed E-state index contributed by atoms with van der Waals surface area (Å²) < 4.78 is 28.2. The van der Waals surface area contributed by atoms with Crippen LogP contribution in [0.15, 0.2) is 46.9 Å². The van der Waals surface area contributed by atoms with E-state index in [1.165, 1.54) is 6.08 Å². The molecule has 0 saturated carbocycles.